The van der Waals surface area contributed by atoms with E-state index in [0.29, 0.717) is 36.2 Å². The normalized spacial score (nSPS) is 18.3. The molecule has 1 aliphatic heterocycles. The van der Waals surface area contributed by atoms with Gasteiger partial charge in [-0.25, -0.2) is 8.42 Å². The van der Waals surface area contributed by atoms with Crippen molar-refractivity contribution in [3.8, 4) is 0 Å². The third-order valence-corrected chi connectivity index (χ3v) is 5.76. The van der Waals surface area contributed by atoms with Crippen LogP contribution < -0.4 is 10.6 Å². The molecular weight excluding hydrogens is 371 g/mol. The number of hydrogen-bond donors (Lipinski definition) is 2. The van der Waals surface area contributed by atoms with Gasteiger partial charge in [-0.05, 0) is 52.7 Å². The van der Waals surface area contributed by atoms with E-state index in [0.717, 1.165) is 19.5 Å². The summed E-state index contributed by atoms with van der Waals surface area (Å²) >= 11 is 0. The highest BCUT2D eigenvalue weighted by Crippen LogP contribution is 2.30. The van der Waals surface area contributed by atoms with Crippen LogP contribution in [-0.4, -0.2) is 82.5 Å². The van der Waals surface area contributed by atoms with Crippen molar-refractivity contribution in [1.29, 1.82) is 0 Å². The molecule has 0 aromatic carbocycles. The van der Waals surface area contributed by atoms with Crippen molar-refractivity contribution in [3.63, 3.8) is 0 Å². The quantitative estimate of drug-likeness (QED) is 0.361. The van der Waals surface area contributed by atoms with Crippen molar-refractivity contribution in [2.45, 2.75) is 31.7 Å². The maximum atomic E-state index is 12.6. The van der Waals surface area contributed by atoms with E-state index < -0.39 is 15.5 Å². The van der Waals surface area contributed by atoms with Crippen LogP contribution in [-0.2, 0) is 10.0 Å². The molecule has 1 fully saturated rings. The van der Waals surface area contributed by atoms with E-state index in [1.54, 1.807) is 0 Å². The number of guanidine groups is 1. The van der Waals surface area contributed by atoms with E-state index in [1.165, 1.54) is 0 Å². The molecule has 0 aromatic rings. The van der Waals surface area contributed by atoms with Crippen molar-refractivity contribution in [2.75, 3.05) is 53.4 Å². The molecule has 0 aromatic heterocycles. The van der Waals surface area contributed by atoms with Gasteiger partial charge in [-0.1, -0.05) is 0 Å². The van der Waals surface area contributed by atoms with E-state index in [-0.39, 0.29) is 19.0 Å². The average molecular weight is 401 g/mol. The van der Waals surface area contributed by atoms with Gasteiger partial charge in [0, 0.05) is 32.7 Å². The summed E-state index contributed by atoms with van der Waals surface area (Å²) in [5.41, 5.74) is -5.23. The second-order valence-corrected chi connectivity index (χ2v) is 8.53. The van der Waals surface area contributed by atoms with Crippen molar-refractivity contribution >= 4 is 16.0 Å². The SMILES string of the molecule is CCNC(=NCC1CCN(S(=O)(=O)C(F)(F)F)CC1)NCCCN(C)C. The molecule has 0 radical (unpaired) electrons. The minimum atomic E-state index is -5.23. The number of halogens is 3. The zero-order valence-electron chi connectivity index (χ0n) is 15.6. The number of aliphatic imine (C=N–C) groups is 1. The van der Waals surface area contributed by atoms with Crippen molar-refractivity contribution in [3.05, 3.63) is 0 Å². The fourth-order valence-electron chi connectivity index (χ4n) is 2.64. The van der Waals surface area contributed by atoms with Gasteiger partial charge < -0.3 is 15.5 Å². The minimum absolute atomic E-state index is 0.0758. The number of nitrogens with one attached hydrogen (secondary N) is 2. The largest absolute Gasteiger partial charge is 0.511 e. The van der Waals surface area contributed by atoms with Crippen molar-refractivity contribution in [1.82, 2.24) is 19.8 Å². The van der Waals surface area contributed by atoms with E-state index in [2.05, 4.69) is 20.5 Å². The van der Waals surface area contributed by atoms with E-state index in [9.17, 15) is 21.6 Å². The van der Waals surface area contributed by atoms with Crippen LogP contribution in [0.25, 0.3) is 0 Å². The molecule has 1 aliphatic rings. The zero-order chi connectivity index (χ0) is 19.8. The summed E-state index contributed by atoms with van der Waals surface area (Å²) in [5, 5.41) is 6.36. The summed E-state index contributed by atoms with van der Waals surface area (Å²) in [6.07, 6.45) is 1.71. The molecule has 0 unspecified atom stereocenters. The first kappa shape index (κ1) is 23.0. The number of piperidine rings is 1. The van der Waals surface area contributed by atoms with Crippen LogP contribution in [0.2, 0.25) is 0 Å². The summed E-state index contributed by atoms with van der Waals surface area (Å²) in [5.74, 6) is 0.753. The molecule has 0 atom stereocenters. The lowest BCUT2D eigenvalue weighted by Gasteiger charge is -2.30. The Labute approximate surface area is 154 Å². The van der Waals surface area contributed by atoms with E-state index in [1.807, 2.05) is 21.0 Å². The summed E-state index contributed by atoms with van der Waals surface area (Å²) < 4.78 is 61.1. The molecule has 0 saturated carbocycles. The summed E-state index contributed by atoms with van der Waals surface area (Å²) in [4.78, 5) is 6.57. The lowest BCUT2D eigenvalue weighted by atomic mass is 9.98. The Hall–Kier alpha value is -1.07. The molecule has 1 rings (SSSR count). The molecule has 0 bridgehead atoms. The molecular formula is C15H30F3N5O2S. The molecule has 1 saturated heterocycles. The predicted molar refractivity (Wildman–Crippen MR) is 96.4 cm³/mol. The molecule has 26 heavy (non-hydrogen) atoms. The highest BCUT2D eigenvalue weighted by molar-refractivity contribution is 7.90. The lowest BCUT2D eigenvalue weighted by molar-refractivity contribution is -0.0496. The van der Waals surface area contributed by atoms with Crippen molar-refractivity contribution in [2.24, 2.45) is 10.9 Å². The molecule has 0 spiro atoms. The first-order valence-corrected chi connectivity index (χ1v) is 10.2. The van der Waals surface area contributed by atoms with Gasteiger partial charge >= 0.3 is 15.5 Å². The van der Waals surface area contributed by atoms with Crippen LogP contribution in [0.4, 0.5) is 13.2 Å². The average Bonchev–Trinajstić information content (AvgIpc) is 2.55. The molecule has 7 nitrogen and oxygen atoms in total. The van der Waals surface area contributed by atoms with E-state index in [4.69, 9.17) is 0 Å². The molecule has 0 aliphatic carbocycles. The standard InChI is InChI=1S/C15H30F3N5O2S/c1-4-19-14(20-8-5-9-22(2)3)21-12-13-6-10-23(11-7-13)26(24,25)15(16,17)18/h13H,4-12H2,1-3H3,(H2,19,20,21). The Balaban J connectivity index is 2.47. The Morgan fingerprint density at radius 2 is 1.85 bits per heavy atom. The molecule has 154 valence electrons. The summed E-state index contributed by atoms with van der Waals surface area (Å²) in [6.45, 7) is 4.62. The smallest absolute Gasteiger partial charge is 0.357 e. The van der Waals surface area contributed by atoms with Gasteiger partial charge in [-0.2, -0.15) is 17.5 Å². The molecule has 11 heteroatoms. The monoisotopic (exact) mass is 401 g/mol. The number of nitrogens with zero attached hydrogens (tertiary/aromatic N) is 3. The van der Waals surface area contributed by atoms with Gasteiger partial charge in [0.15, 0.2) is 5.96 Å². The Morgan fingerprint density at radius 3 is 2.35 bits per heavy atom. The van der Waals surface area contributed by atoms with Gasteiger partial charge in [-0.3, -0.25) is 4.99 Å². The number of sulfonamides is 1. The summed E-state index contributed by atoms with van der Waals surface area (Å²) in [6, 6.07) is 0. The molecule has 2 N–H and O–H groups in total. The highest BCUT2D eigenvalue weighted by atomic mass is 32.2. The third-order valence-electron chi connectivity index (χ3n) is 4.13. The van der Waals surface area contributed by atoms with Gasteiger partial charge in [0.1, 0.15) is 0 Å². The van der Waals surface area contributed by atoms with Crippen LogP contribution >= 0.6 is 0 Å². The Morgan fingerprint density at radius 1 is 1.23 bits per heavy atom. The van der Waals surface area contributed by atoms with Gasteiger partial charge in [-0.15, -0.1) is 0 Å². The number of alkyl halides is 3. The van der Waals surface area contributed by atoms with Gasteiger partial charge in [0.05, 0.1) is 0 Å². The van der Waals surface area contributed by atoms with Gasteiger partial charge in [0.25, 0.3) is 0 Å². The second kappa shape index (κ2) is 10.3. The maximum absolute atomic E-state index is 12.6. The molecule has 0 amide bonds. The number of hydrogen-bond acceptors (Lipinski definition) is 4. The second-order valence-electron chi connectivity index (χ2n) is 6.60. The van der Waals surface area contributed by atoms with E-state index >= 15 is 0 Å². The van der Waals surface area contributed by atoms with Crippen molar-refractivity contribution < 1.29 is 21.6 Å². The first-order valence-electron chi connectivity index (χ1n) is 8.81. The topological polar surface area (TPSA) is 77.0 Å². The first-order chi connectivity index (χ1) is 12.1. The van der Waals surface area contributed by atoms with Crippen LogP contribution in [0.5, 0.6) is 0 Å². The Kier molecular flexibility index (Phi) is 9.11. The zero-order valence-corrected chi connectivity index (χ0v) is 16.5. The Bertz CT molecular complexity index is 544. The number of rotatable bonds is 8. The van der Waals surface area contributed by atoms with Crippen LogP contribution in [0, 0.1) is 5.92 Å². The van der Waals surface area contributed by atoms with Gasteiger partial charge in [0.2, 0.25) is 0 Å². The summed E-state index contributed by atoms with van der Waals surface area (Å²) in [7, 11) is -1.21. The molecule has 1 heterocycles. The minimum Gasteiger partial charge on any atom is -0.357 e. The van der Waals surface area contributed by atoms with Crippen LogP contribution in [0.3, 0.4) is 0 Å². The van der Waals surface area contributed by atoms with Crippen LogP contribution in [0.1, 0.15) is 26.2 Å². The lowest BCUT2D eigenvalue weighted by Crippen LogP contribution is -2.45. The fourth-order valence-corrected chi connectivity index (χ4v) is 3.63. The van der Waals surface area contributed by atoms with Crippen LogP contribution in [0.15, 0.2) is 4.99 Å². The fraction of sp³-hybridized carbons (Fsp3) is 0.933. The maximum Gasteiger partial charge on any atom is 0.511 e. The third kappa shape index (κ3) is 7.28. The highest BCUT2D eigenvalue weighted by Gasteiger charge is 2.50. The predicted octanol–water partition coefficient (Wildman–Crippen LogP) is 1.05.